The fraction of sp³-hybridized carbons (Fsp3) is 0.286. The van der Waals surface area contributed by atoms with Gasteiger partial charge in [0, 0.05) is 40.9 Å². The van der Waals surface area contributed by atoms with Crippen LogP contribution in [0.2, 0.25) is 0 Å². The van der Waals surface area contributed by atoms with Crippen molar-refractivity contribution in [3.8, 4) is 11.5 Å². The van der Waals surface area contributed by atoms with Crippen LogP contribution in [0.5, 0.6) is 11.5 Å². The molecule has 9 heteroatoms. The Morgan fingerprint density at radius 3 is 2.76 bits per heavy atom. The number of nitro benzene ring substituents is 1. The van der Waals surface area contributed by atoms with Gasteiger partial charge >= 0.3 is 0 Å². The third-order valence-corrected chi connectivity index (χ3v) is 8.31. The van der Waals surface area contributed by atoms with Crippen LogP contribution in [0.1, 0.15) is 40.2 Å². The van der Waals surface area contributed by atoms with E-state index in [1.807, 2.05) is 30.3 Å². The number of carbonyl (C=O) groups excluding carboxylic acids is 2. The fourth-order valence-electron chi connectivity index (χ4n) is 6.97. The van der Waals surface area contributed by atoms with Gasteiger partial charge in [-0.3, -0.25) is 24.6 Å². The molecule has 0 aromatic heterocycles. The number of hydrogen-bond acceptors (Lipinski definition) is 7. The van der Waals surface area contributed by atoms with Crippen molar-refractivity contribution in [3.63, 3.8) is 0 Å². The summed E-state index contributed by atoms with van der Waals surface area (Å²) in [5.74, 6) is -0.594. The second kappa shape index (κ2) is 7.88. The van der Waals surface area contributed by atoms with Crippen LogP contribution in [0.15, 0.2) is 66.7 Å². The van der Waals surface area contributed by atoms with Crippen LogP contribution in [-0.4, -0.2) is 40.9 Å². The van der Waals surface area contributed by atoms with Crippen LogP contribution < -0.4 is 14.8 Å². The van der Waals surface area contributed by atoms with Gasteiger partial charge in [-0.25, -0.2) is 0 Å². The summed E-state index contributed by atoms with van der Waals surface area (Å²) in [6.45, 7) is 0.741. The number of Topliss-reactive ketones (excluding diaryl/α,β-unsaturated/α-hetero) is 1. The molecule has 4 heterocycles. The first-order chi connectivity index (χ1) is 18.0. The monoisotopic (exact) mass is 497 g/mol. The summed E-state index contributed by atoms with van der Waals surface area (Å²) in [7, 11) is 0. The molecule has 4 atom stereocenters. The standard InChI is InChI=1S/C28H23N3O6/c32-26(17-10-11-22-23(14-17)37-15-36-22)25-24(16-5-3-6-18(13-16)31(34)35)21-9-4-12-30(21)28(25)19-7-1-2-8-20(19)29-27(28)33/h1-3,5-8,10-11,13-14,21,24-25H,4,9,12,15H2,(H,29,33)/t21-,24-,25+,28+/m1/s1. The Labute approximate surface area is 212 Å². The second-order valence-corrected chi connectivity index (χ2v) is 9.96. The van der Waals surface area contributed by atoms with E-state index in [0.29, 0.717) is 34.9 Å². The van der Waals surface area contributed by atoms with Crippen LogP contribution in [0.25, 0.3) is 0 Å². The minimum atomic E-state index is -1.22. The van der Waals surface area contributed by atoms with Gasteiger partial charge in [0.1, 0.15) is 5.54 Å². The van der Waals surface area contributed by atoms with E-state index in [4.69, 9.17) is 9.47 Å². The van der Waals surface area contributed by atoms with Gasteiger partial charge in [0.25, 0.3) is 5.69 Å². The van der Waals surface area contributed by atoms with E-state index >= 15 is 0 Å². The number of non-ortho nitro benzene ring substituents is 1. The van der Waals surface area contributed by atoms with Crippen LogP contribution in [-0.2, 0) is 10.3 Å². The Kier molecular flexibility index (Phi) is 4.68. The van der Waals surface area contributed by atoms with Gasteiger partial charge in [-0.2, -0.15) is 0 Å². The van der Waals surface area contributed by atoms with Crippen molar-refractivity contribution in [2.45, 2.75) is 30.3 Å². The Balaban J connectivity index is 1.46. The van der Waals surface area contributed by atoms with Crippen molar-refractivity contribution in [2.75, 3.05) is 18.7 Å². The highest BCUT2D eigenvalue weighted by atomic mass is 16.7. The third-order valence-electron chi connectivity index (χ3n) is 8.31. The molecule has 3 aromatic carbocycles. The predicted octanol–water partition coefficient (Wildman–Crippen LogP) is 4.23. The molecule has 2 fully saturated rings. The molecule has 3 aromatic rings. The zero-order chi connectivity index (χ0) is 25.3. The first kappa shape index (κ1) is 22.0. The summed E-state index contributed by atoms with van der Waals surface area (Å²) in [6, 6.07) is 19.0. The van der Waals surface area contributed by atoms with Crippen molar-refractivity contribution in [1.29, 1.82) is 0 Å². The van der Waals surface area contributed by atoms with Crippen LogP contribution in [0.4, 0.5) is 11.4 Å². The number of benzene rings is 3. The molecule has 4 aliphatic rings. The average Bonchev–Trinajstić information content (AvgIpc) is 3.67. The molecule has 1 N–H and O–H groups in total. The lowest BCUT2D eigenvalue weighted by Crippen LogP contribution is -2.52. The Morgan fingerprint density at radius 2 is 1.89 bits per heavy atom. The number of anilines is 1. The topological polar surface area (TPSA) is 111 Å². The summed E-state index contributed by atoms with van der Waals surface area (Å²) < 4.78 is 11.0. The first-order valence-corrected chi connectivity index (χ1v) is 12.4. The van der Waals surface area contributed by atoms with E-state index in [1.54, 1.807) is 30.3 Å². The normalized spacial score (nSPS) is 27.2. The minimum Gasteiger partial charge on any atom is -0.454 e. The molecule has 186 valence electrons. The van der Waals surface area contributed by atoms with E-state index in [9.17, 15) is 19.7 Å². The van der Waals surface area contributed by atoms with E-state index in [-0.39, 0.29) is 30.2 Å². The molecule has 1 amide bonds. The molecule has 0 radical (unpaired) electrons. The molecule has 2 saturated heterocycles. The molecule has 0 bridgehead atoms. The number of carbonyl (C=O) groups is 2. The fourth-order valence-corrected chi connectivity index (χ4v) is 6.97. The number of nitro groups is 1. The largest absolute Gasteiger partial charge is 0.454 e. The van der Waals surface area contributed by atoms with Gasteiger partial charge in [0.05, 0.1) is 10.8 Å². The summed E-state index contributed by atoms with van der Waals surface area (Å²) in [5, 5.41) is 14.7. The molecule has 37 heavy (non-hydrogen) atoms. The predicted molar refractivity (Wildman–Crippen MR) is 133 cm³/mol. The van der Waals surface area contributed by atoms with Crippen LogP contribution >= 0.6 is 0 Å². The van der Waals surface area contributed by atoms with E-state index < -0.39 is 22.3 Å². The Morgan fingerprint density at radius 1 is 1.05 bits per heavy atom. The maximum atomic E-state index is 14.6. The van der Waals surface area contributed by atoms with Crippen LogP contribution in [0, 0.1) is 16.0 Å². The quantitative estimate of drug-likeness (QED) is 0.326. The van der Waals surface area contributed by atoms with E-state index in [2.05, 4.69) is 10.2 Å². The van der Waals surface area contributed by atoms with Gasteiger partial charge in [-0.05, 0) is 49.2 Å². The van der Waals surface area contributed by atoms with Crippen molar-refractivity contribution in [1.82, 2.24) is 4.90 Å². The number of nitrogens with one attached hydrogen (secondary N) is 1. The molecule has 4 aliphatic heterocycles. The minimum absolute atomic E-state index is 0.0338. The highest BCUT2D eigenvalue weighted by Gasteiger charge is 2.69. The van der Waals surface area contributed by atoms with Crippen molar-refractivity contribution < 1.29 is 24.0 Å². The van der Waals surface area contributed by atoms with Crippen molar-refractivity contribution in [2.24, 2.45) is 5.92 Å². The number of ketones is 1. The molecule has 0 aliphatic carbocycles. The Hall–Kier alpha value is -4.24. The average molecular weight is 498 g/mol. The SMILES string of the molecule is O=C(c1ccc2c(c1)OCO2)[C@@H]1[C@H](c2cccc([N+](=O)[O-])c2)[C@H]2CCCN2[C@]12C(=O)Nc1ccccc12. The number of fused-ring (bicyclic) bond motifs is 5. The Bertz CT molecular complexity index is 1490. The van der Waals surface area contributed by atoms with Crippen LogP contribution in [0.3, 0.4) is 0 Å². The highest BCUT2D eigenvalue weighted by molar-refractivity contribution is 6.12. The summed E-state index contributed by atoms with van der Waals surface area (Å²) in [4.78, 5) is 42.0. The number of ether oxygens (including phenoxy) is 2. The van der Waals surface area contributed by atoms with Crippen molar-refractivity contribution in [3.05, 3.63) is 93.5 Å². The second-order valence-electron chi connectivity index (χ2n) is 9.96. The zero-order valence-electron chi connectivity index (χ0n) is 19.8. The lowest BCUT2D eigenvalue weighted by atomic mass is 9.68. The van der Waals surface area contributed by atoms with Gasteiger partial charge in [0.15, 0.2) is 17.3 Å². The number of amides is 1. The lowest BCUT2D eigenvalue weighted by Gasteiger charge is -2.36. The molecule has 9 nitrogen and oxygen atoms in total. The maximum Gasteiger partial charge on any atom is 0.269 e. The molecule has 1 spiro atoms. The van der Waals surface area contributed by atoms with Gasteiger partial charge in [-0.1, -0.05) is 30.3 Å². The summed E-state index contributed by atoms with van der Waals surface area (Å²) in [6.07, 6.45) is 1.66. The molecular weight excluding hydrogens is 474 g/mol. The summed E-state index contributed by atoms with van der Waals surface area (Å²) in [5.41, 5.74) is 1.33. The lowest BCUT2D eigenvalue weighted by molar-refractivity contribution is -0.384. The van der Waals surface area contributed by atoms with E-state index in [0.717, 1.165) is 18.4 Å². The molecule has 0 unspecified atom stereocenters. The molecule has 0 saturated carbocycles. The smallest absolute Gasteiger partial charge is 0.269 e. The first-order valence-electron chi connectivity index (χ1n) is 12.4. The summed E-state index contributed by atoms with van der Waals surface area (Å²) >= 11 is 0. The highest BCUT2D eigenvalue weighted by Crippen LogP contribution is 2.61. The number of hydrogen-bond donors (Lipinski definition) is 1. The maximum absolute atomic E-state index is 14.6. The number of rotatable bonds is 4. The van der Waals surface area contributed by atoms with Gasteiger partial charge in [-0.15, -0.1) is 0 Å². The van der Waals surface area contributed by atoms with Gasteiger partial charge in [0.2, 0.25) is 12.7 Å². The van der Waals surface area contributed by atoms with Crippen molar-refractivity contribution >= 4 is 23.1 Å². The number of nitrogens with zero attached hydrogens (tertiary/aromatic N) is 2. The zero-order valence-corrected chi connectivity index (χ0v) is 19.8. The van der Waals surface area contributed by atoms with E-state index in [1.165, 1.54) is 6.07 Å². The third kappa shape index (κ3) is 2.94. The molecular formula is C28H23N3O6. The number of para-hydroxylation sites is 1. The molecule has 7 rings (SSSR count). The van der Waals surface area contributed by atoms with Gasteiger partial charge < -0.3 is 14.8 Å².